The molecule has 2 nitrogen and oxygen atoms in total. The Kier molecular flexibility index (Phi) is 5.37. The molecule has 1 rings (SSSR count). The van der Waals surface area contributed by atoms with Gasteiger partial charge in [-0.25, -0.2) is 0 Å². The van der Waals surface area contributed by atoms with Crippen molar-refractivity contribution in [2.75, 3.05) is 27.2 Å². The van der Waals surface area contributed by atoms with E-state index in [1.54, 1.807) is 0 Å². The Labute approximate surface area is 96.6 Å². The fraction of sp³-hybridized carbons (Fsp3) is 0.417. The average molecular weight is 225 g/mol. The van der Waals surface area contributed by atoms with Crippen LogP contribution in [0.25, 0.3) is 0 Å². The molecule has 0 radical (unpaired) electrons. The molecule has 0 bridgehead atoms. The van der Waals surface area contributed by atoms with Gasteiger partial charge in [0.1, 0.15) is 0 Å². The van der Waals surface area contributed by atoms with Crippen molar-refractivity contribution < 1.29 is 0 Å². The van der Waals surface area contributed by atoms with Gasteiger partial charge in [-0.1, -0.05) is 23.7 Å². The third-order valence-corrected chi connectivity index (χ3v) is 2.25. The summed E-state index contributed by atoms with van der Waals surface area (Å²) in [5.41, 5.74) is 1.10. The molecule has 0 amide bonds. The van der Waals surface area contributed by atoms with E-state index in [0.717, 1.165) is 30.1 Å². The number of hydrogen-bond donors (Lipinski definition) is 0. The molecule has 0 N–H and O–H groups in total. The van der Waals surface area contributed by atoms with Crippen molar-refractivity contribution in [3.8, 4) is 0 Å². The van der Waals surface area contributed by atoms with Crippen molar-refractivity contribution in [3.63, 3.8) is 0 Å². The van der Waals surface area contributed by atoms with Crippen LogP contribution in [0.4, 0.5) is 0 Å². The van der Waals surface area contributed by atoms with E-state index in [9.17, 15) is 0 Å². The van der Waals surface area contributed by atoms with Crippen LogP contribution in [0.2, 0.25) is 5.02 Å². The lowest BCUT2D eigenvalue weighted by Gasteiger charge is -2.06. The maximum absolute atomic E-state index is 5.78. The second-order valence-corrected chi connectivity index (χ2v) is 4.18. The van der Waals surface area contributed by atoms with Crippen LogP contribution in [-0.4, -0.2) is 38.3 Å². The van der Waals surface area contributed by atoms with Crippen molar-refractivity contribution in [1.82, 2.24) is 4.90 Å². The van der Waals surface area contributed by atoms with Crippen LogP contribution >= 0.6 is 11.6 Å². The second-order valence-electron chi connectivity index (χ2n) is 3.74. The molecular weight excluding hydrogens is 208 g/mol. The molecule has 0 spiro atoms. The van der Waals surface area contributed by atoms with Crippen LogP contribution in [0.15, 0.2) is 29.3 Å². The monoisotopic (exact) mass is 224 g/mol. The summed E-state index contributed by atoms with van der Waals surface area (Å²) >= 11 is 5.78. The third kappa shape index (κ3) is 5.55. The fourth-order valence-corrected chi connectivity index (χ4v) is 1.32. The minimum atomic E-state index is 0.764. The second kappa shape index (κ2) is 6.59. The molecule has 3 heteroatoms. The van der Waals surface area contributed by atoms with E-state index >= 15 is 0 Å². The SMILES string of the molecule is CN(C)CCCN=Cc1ccc(Cl)cc1. The lowest BCUT2D eigenvalue weighted by molar-refractivity contribution is 0.403. The van der Waals surface area contributed by atoms with E-state index in [2.05, 4.69) is 24.0 Å². The Morgan fingerprint density at radius 2 is 1.93 bits per heavy atom. The zero-order valence-corrected chi connectivity index (χ0v) is 10.0. The summed E-state index contributed by atoms with van der Waals surface area (Å²) in [7, 11) is 4.14. The molecule has 0 aliphatic carbocycles. The first kappa shape index (κ1) is 12.2. The van der Waals surface area contributed by atoms with E-state index < -0.39 is 0 Å². The van der Waals surface area contributed by atoms with E-state index in [-0.39, 0.29) is 0 Å². The van der Waals surface area contributed by atoms with Gasteiger partial charge < -0.3 is 4.90 Å². The van der Waals surface area contributed by atoms with Gasteiger partial charge >= 0.3 is 0 Å². The molecule has 0 atom stereocenters. The maximum atomic E-state index is 5.78. The summed E-state index contributed by atoms with van der Waals surface area (Å²) in [5.74, 6) is 0. The zero-order valence-electron chi connectivity index (χ0n) is 9.28. The highest BCUT2D eigenvalue weighted by atomic mass is 35.5. The Morgan fingerprint density at radius 1 is 1.27 bits per heavy atom. The molecule has 0 saturated carbocycles. The van der Waals surface area contributed by atoms with E-state index in [0.29, 0.717) is 0 Å². The lowest BCUT2D eigenvalue weighted by Crippen LogP contribution is -2.13. The van der Waals surface area contributed by atoms with Gasteiger partial charge in [0.05, 0.1) is 0 Å². The summed E-state index contributed by atoms with van der Waals surface area (Å²) in [6, 6.07) is 7.70. The van der Waals surface area contributed by atoms with Gasteiger partial charge in [-0.2, -0.15) is 0 Å². The largest absolute Gasteiger partial charge is 0.309 e. The summed E-state index contributed by atoms with van der Waals surface area (Å²) in [5, 5.41) is 0.764. The summed E-state index contributed by atoms with van der Waals surface area (Å²) in [4.78, 5) is 6.51. The first-order valence-electron chi connectivity index (χ1n) is 5.08. The summed E-state index contributed by atoms with van der Waals surface area (Å²) in [6.45, 7) is 1.96. The Balaban J connectivity index is 2.29. The predicted octanol–water partition coefficient (Wildman–Crippen LogP) is 2.71. The maximum Gasteiger partial charge on any atom is 0.0406 e. The van der Waals surface area contributed by atoms with E-state index in [1.165, 1.54) is 0 Å². The van der Waals surface area contributed by atoms with Gasteiger partial charge in [0.15, 0.2) is 0 Å². The summed E-state index contributed by atoms with van der Waals surface area (Å²) < 4.78 is 0. The first-order valence-corrected chi connectivity index (χ1v) is 5.46. The van der Waals surface area contributed by atoms with Gasteiger partial charge in [0.2, 0.25) is 0 Å². The zero-order chi connectivity index (χ0) is 11.1. The van der Waals surface area contributed by atoms with Gasteiger partial charge in [0.25, 0.3) is 0 Å². The lowest BCUT2D eigenvalue weighted by atomic mass is 10.2. The average Bonchev–Trinajstić information content (AvgIpc) is 2.20. The fourth-order valence-electron chi connectivity index (χ4n) is 1.20. The molecule has 15 heavy (non-hydrogen) atoms. The number of nitrogens with zero attached hydrogens (tertiary/aromatic N) is 2. The number of halogens is 1. The van der Waals surface area contributed by atoms with Gasteiger partial charge in [-0.05, 0) is 44.8 Å². The van der Waals surface area contributed by atoms with Gasteiger partial charge in [-0.3, -0.25) is 4.99 Å². The topological polar surface area (TPSA) is 15.6 Å². The van der Waals surface area contributed by atoms with Crippen molar-refractivity contribution in [2.24, 2.45) is 4.99 Å². The molecule has 1 aromatic rings. The normalized spacial score (nSPS) is 11.5. The molecule has 0 unspecified atom stereocenters. The van der Waals surface area contributed by atoms with E-state index in [4.69, 9.17) is 11.6 Å². The van der Waals surface area contributed by atoms with Crippen LogP contribution in [0.1, 0.15) is 12.0 Å². The molecule has 0 aliphatic rings. The Bertz CT molecular complexity index is 304. The molecular formula is C12H17ClN2. The Hall–Kier alpha value is -0.860. The van der Waals surface area contributed by atoms with Crippen molar-refractivity contribution >= 4 is 17.8 Å². The van der Waals surface area contributed by atoms with E-state index in [1.807, 2.05) is 30.5 Å². The van der Waals surface area contributed by atoms with Crippen molar-refractivity contribution in [1.29, 1.82) is 0 Å². The number of benzene rings is 1. The van der Waals surface area contributed by atoms with Crippen LogP contribution < -0.4 is 0 Å². The number of rotatable bonds is 5. The number of aliphatic imine (C=N–C) groups is 1. The first-order chi connectivity index (χ1) is 7.18. The highest BCUT2D eigenvalue weighted by Crippen LogP contribution is 2.07. The Morgan fingerprint density at radius 3 is 2.53 bits per heavy atom. The van der Waals surface area contributed by atoms with Crippen LogP contribution in [0, 0.1) is 0 Å². The molecule has 0 saturated heterocycles. The third-order valence-electron chi connectivity index (χ3n) is 2.00. The quantitative estimate of drug-likeness (QED) is 0.555. The molecule has 82 valence electrons. The molecule has 0 aromatic heterocycles. The highest BCUT2D eigenvalue weighted by Gasteiger charge is 1.89. The smallest absolute Gasteiger partial charge is 0.0406 e. The molecule has 0 heterocycles. The summed E-state index contributed by atoms with van der Waals surface area (Å²) in [6.07, 6.45) is 2.99. The van der Waals surface area contributed by atoms with Crippen molar-refractivity contribution in [2.45, 2.75) is 6.42 Å². The standard InChI is InChI=1S/C12H17ClN2/c1-15(2)9-3-8-14-10-11-4-6-12(13)7-5-11/h4-7,10H,3,8-9H2,1-2H3. The van der Waals surface area contributed by atoms with Crippen LogP contribution in [0.3, 0.4) is 0 Å². The van der Waals surface area contributed by atoms with Gasteiger partial charge in [-0.15, -0.1) is 0 Å². The predicted molar refractivity (Wildman–Crippen MR) is 67.1 cm³/mol. The van der Waals surface area contributed by atoms with Crippen LogP contribution in [0.5, 0.6) is 0 Å². The molecule has 0 fully saturated rings. The van der Waals surface area contributed by atoms with Gasteiger partial charge in [0, 0.05) is 17.8 Å². The van der Waals surface area contributed by atoms with Crippen LogP contribution in [-0.2, 0) is 0 Å². The molecule has 1 aromatic carbocycles. The number of hydrogen-bond acceptors (Lipinski definition) is 2. The minimum absolute atomic E-state index is 0.764. The highest BCUT2D eigenvalue weighted by molar-refractivity contribution is 6.30. The minimum Gasteiger partial charge on any atom is -0.309 e. The van der Waals surface area contributed by atoms with Crippen molar-refractivity contribution in [3.05, 3.63) is 34.9 Å². The molecule has 0 aliphatic heterocycles.